The van der Waals surface area contributed by atoms with Gasteiger partial charge in [0.15, 0.2) is 0 Å². The summed E-state index contributed by atoms with van der Waals surface area (Å²) in [5.74, 6) is 0. The highest BCUT2D eigenvalue weighted by molar-refractivity contribution is 5.85. The number of aliphatic hydroxyl groups is 1. The lowest BCUT2D eigenvalue weighted by molar-refractivity contribution is -0.0352. The molecule has 2 aliphatic rings. The van der Waals surface area contributed by atoms with E-state index in [0.717, 1.165) is 12.8 Å². The summed E-state index contributed by atoms with van der Waals surface area (Å²) >= 11 is 0. The van der Waals surface area contributed by atoms with E-state index in [2.05, 4.69) is 0 Å². The van der Waals surface area contributed by atoms with E-state index >= 15 is 0 Å². The van der Waals surface area contributed by atoms with Crippen molar-refractivity contribution in [3.8, 4) is 0 Å². The number of hydrogen-bond donors (Lipinski definition) is 2. The molecular formula is C10H20ClNO. The summed E-state index contributed by atoms with van der Waals surface area (Å²) in [6, 6.07) is 0. The minimum Gasteiger partial charge on any atom is -0.394 e. The van der Waals surface area contributed by atoms with Crippen LogP contribution in [0.15, 0.2) is 0 Å². The van der Waals surface area contributed by atoms with Gasteiger partial charge in [-0.2, -0.15) is 0 Å². The fourth-order valence-corrected chi connectivity index (χ4v) is 3.21. The highest BCUT2D eigenvalue weighted by Crippen LogP contribution is 2.55. The molecule has 2 saturated carbocycles. The Hall–Kier alpha value is 0.210. The Labute approximate surface area is 86.3 Å². The molecule has 0 aliphatic heterocycles. The molecule has 0 saturated heterocycles. The second-order valence-corrected chi connectivity index (χ2v) is 4.93. The number of rotatable bonds is 1. The summed E-state index contributed by atoms with van der Waals surface area (Å²) in [7, 11) is 0. The van der Waals surface area contributed by atoms with Crippen LogP contribution in [0, 0.1) is 5.41 Å². The molecule has 2 rings (SSSR count). The molecule has 13 heavy (non-hydrogen) atoms. The summed E-state index contributed by atoms with van der Waals surface area (Å²) in [4.78, 5) is 0. The van der Waals surface area contributed by atoms with Crippen molar-refractivity contribution in [2.75, 3.05) is 6.61 Å². The Kier molecular flexibility index (Phi) is 3.26. The van der Waals surface area contributed by atoms with Crippen LogP contribution in [0.3, 0.4) is 0 Å². The van der Waals surface area contributed by atoms with Crippen LogP contribution < -0.4 is 5.73 Å². The zero-order chi connectivity index (χ0) is 8.66. The fraction of sp³-hybridized carbons (Fsp3) is 1.00. The van der Waals surface area contributed by atoms with E-state index in [0.29, 0.717) is 5.41 Å². The molecule has 3 heteroatoms. The third-order valence-corrected chi connectivity index (χ3v) is 3.68. The van der Waals surface area contributed by atoms with Crippen LogP contribution in [0.5, 0.6) is 0 Å². The highest BCUT2D eigenvalue weighted by Gasteiger charge is 2.51. The second kappa shape index (κ2) is 3.76. The first-order valence-electron chi connectivity index (χ1n) is 5.08. The van der Waals surface area contributed by atoms with Gasteiger partial charge in [0.2, 0.25) is 0 Å². The van der Waals surface area contributed by atoms with Crippen molar-refractivity contribution in [2.45, 2.75) is 50.5 Å². The molecule has 0 bridgehead atoms. The molecule has 0 amide bonds. The van der Waals surface area contributed by atoms with Gasteiger partial charge in [-0.3, -0.25) is 0 Å². The van der Waals surface area contributed by atoms with Crippen molar-refractivity contribution in [2.24, 2.45) is 11.1 Å². The number of halogens is 1. The molecule has 1 spiro atoms. The van der Waals surface area contributed by atoms with Crippen molar-refractivity contribution < 1.29 is 5.11 Å². The van der Waals surface area contributed by atoms with Gasteiger partial charge in [-0.05, 0) is 31.1 Å². The summed E-state index contributed by atoms with van der Waals surface area (Å²) in [5, 5.41) is 9.03. The quantitative estimate of drug-likeness (QED) is 0.687. The van der Waals surface area contributed by atoms with Crippen LogP contribution in [0.2, 0.25) is 0 Å². The zero-order valence-corrected chi connectivity index (χ0v) is 8.91. The van der Waals surface area contributed by atoms with Crippen LogP contribution in [0.25, 0.3) is 0 Å². The Bertz CT molecular complexity index is 170. The second-order valence-electron chi connectivity index (χ2n) is 4.93. The van der Waals surface area contributed by atoms with Crippen molar-refractivity contribution in [3.05, 3.63) is 0 Å². The average Bonchev–Trinajstić information content (AvgIpc) is 2.04. The number of aliphatic hydroxyl groups excluding tert-OH is 1. The largest absolute Gasteiger partial charge is 0.394 e. The van der Waals surface area contributed by atoms with E-state index in [4.69, 9.17) is 10.8 Å². The minimum atomic E-state index is -0.211. The van der Waals surface area contributed by atoms with Crippen LogP contribution in [-0.2, 0) is 0 Å². The van der Waals surface area contributed by atoms with Gasteiger partial charge in [0, 0.05) is 5.54 Å². The lowest BCUT2D eigenvalue weighted by Crippen LogP contribution is -2.60. The average molecular weight is 206 g/mol. The monoisotopic (exact) mass is 205 g/mol. The molecule has 3 N–H and O–H groups in total. The van der Waals surface area contributed by atoms with Gasteiger partial charge in [-0.15, -0.1) is 12.4 Å². The Morgan fingerprint density at radius 2 is 1.62 bits per heavy atom. The summed E-state index contributed by atoms with van der Waals surface area (Å²) in [5.41, 5.74) is 6.30. The first kappa shape index (κ1) is 11.3. The molecule has 0 radical (unpaired) electrons. The van der Waals surface area contributed by atoms with E-state index in [1.807, 2.05) is 0 Å². The lowest BCUT2D eigenvalue weighted by Gasteiger charge is -2.55. The maximum absolute atomic E-state index is 9.03. The summed E-state index contributed by atoms with van der Waals surface area (Å²) in [6.45, 7) is 0.175. The maximum atomic E-state index is 9.03. The van der Waals surface area contributed by atoms with Crippen LogP contribution in [0.1, 0.15) is 44.9 Å². The predicted octanol–water partition coefficient (Wildman–Crippen LogP) is 1.84. The van der Waals surface area contributed by atoms with E-state index < -0.39 is 0 Å². The first-order valence-corrected chi connectivity index (χ1v) is 5.08. The van der Waals surface area contributed by atoms with E-state index in [1.165, 1.54) is 32.1 Å². The molecule has 0 aromatic rings. The molecule has 78 valence electrons. The summed E-state index contributed by atoms with van der Waals surface area (Å²) < 4.78 is 0. The smallest absolute Gasteiger partial charge is 0.0611 e. The van der Waals surface area contributed by atoms with Crippen LogP contribution in [0.4, 0.5) is 0 Å². The topological polar surface area (TPSA) is 46.2 Å². The van der Waals surface area contributed by atoms with Crippen molar-refractivity contribution in [1.29, 1.82) is 0 Å². The maximum Gasteiger partial charge on any atom is 0.0611 e. The van der Waals surface area contributed by atoms with Crippen LogP contribution >= 0.6 is 12.4 Å². The van der Waals surface area contributed by atoms with Crippen molar-refractivity contribution in [1.82, 2.24) is 0 Å². The van der Waals surface area contributed by atoms with Gasteiger partial charge in [0.1, 0.15) is 0 Å². The van der Waals surface area contributed by atoms with Crippen LogP contribution in [-0.4, -0.2) is 17.3 Å². The SMILES string of the molecule is Cl.NC1(CO)CC2(CCCCC2)C1. The minimum absolute atomic E-state index is 0. The van der Waals surface area contributed by atoms with E-state index in [1.54, 1.807) is 0 Å². The van der Waals surface area contributed by atoms with Crippen molar-refractivity contribution >= 4 is 12.4 Å². The third-order valence-electron chi connectivity index (χ3n) is 3.68. The molecule has 0 unspecified atom stereocenters. The molecule has 0 aromatic heterocycles. The Balaban J connectivity index is 0.000000845. The van der Waals surface area contributed by atoms with Gasteiger partial charge in [-0.1, -0.05) is 19.3 Å². The number of nitrogens with two attached hydrogens (primary N) is 1. The number of hydrogen-bond acceptors (Lipinski definition) is 2. The molecule has 0 atom stereocenters. The lowest BCUT2D eigenvalue weighted by atomic mass is 9.53. The summed E-state index contributed by atoms with van der Waals surface area (Å²) in [6.07, 6.45) is 8.99. The van der Waals surface area contributed by atoms with Gasteiger partial charge in [-0.25, -0.2) is 0 Å². The standard InChI is InChI=1S/C10H19NO.ClH/c11-10(8-12)6-9(7-10)4-2-1-3-5-9;/h12H,1-8,11H2;1H. The molecule has 2 nitrogen and oxygen atoms in total. The molecule has 0 heterocycles. The molecule has 0 aromatic carbocycles. The van der Waals surface area contributed by atoms with Crippen molar-refractivity contribution in [3.63, 3.8) is 0 Å². The fourth-order valence-electron chi connectivity index (χ4n) is 3.21. The van der Waals surface area contributed by atoms with E-state index in [9.17, 15) is 0 Å². The Morgan fingerprint density at radius 3 is 2.08 bits per heavy atom. The van der Waals surface area contributed by atoms with Gasteiger partial charge in [0.05, 0.1) is 6.61 Å². The normalized spacial score (nSPS) is 29.1. The molecule has 2 aliphatic carbocycles. The first-order chi connectivity index (χ1) is 5.68. The van der Waals surface area contributed by atoms with Gasteiger partial charge in [0.25, 0.3) is 0 Å². The van der Waals surface area contributed by atoms with Gasteiger partial charge < -0.3 is 10.8 Å². The van der Waals surface area contributed by atoms with E-state index in [-0.39, 0.29) is 24.6 Å². The van der Waals surface area contributed by atoms with Gasteiger partial charge >= 0.3 is 0 Å². The highest BCUT2D eigenvalue weighted by atomic mass is 35.5. The zero-order valence-electron chi connectivity index (χ0n) is 8.09. The third kappa shape index (κ3) is 2.00. The predicted molar refractivity (Wildman–Crippen MR) is 56.0 cm³/mol. The molecule has 2 fully saturated rings. The Morgan fingerprint density at radius 1 is 1.08 bits per heavy atom. The molecular weight excluding hydrogens is 186 g/mol.